The molecule has 0 fully saturated rings. The van der Waals surface area contributed by atoms with E-state index >= 15 is 0 Å². The Hall–Kier alpha value is -2.79. The number of aromatic nitrogens is 2. The first-order valence-corrected chi connectivity index (χ1v) is 7.89. The van der Waals surface area contributed by atoms with E-state index in [9.17, 15) is 4.79 Å². The van der Waals surface area contributed by atoms with Gasteiger partial charge in [0.25, 0.3) is 0 Å². The number of amides is 1. The Labute approximate surface area is 144 Å². The lowest BCUT2D eigenvalue weighted by Gasteiger charge is -2.05. The third-order valence-corrected chi connectivity index (χ3v) is 3.63. The van der Waals surface area contributed by atoms with Gasteiger partial charge < -0.3 is 10.1 Å². The van der Waals surface area contributed by atoms with Crippen LogP contribution in [-0.4, -0.2) is 21.9 Å². The van der Waals surface area contributed by atoms with Crippen molar-refractivity contribution in [2.24, 2.45) is 0 Å². The summed E-state index contributed by atoms with van der Waals surface area (Å²) in [6.45, 7) is 2.53. The zero-order valence-electron chi connectivity index (χ0n) is 13.1. The first-order valence-electron chi connectivity index (χ1n) is 7.52. The standard InChI is InChI=1S/C18H16ClN3O2/c1-2-24-14-8-6-13(7-9-14)20-17(23)11-10-15-18(19)21-16-5-3-4-12-22(15)16/h3-12H,2H2,1H3,(H,20,23)/b11-10+. The molecule has 0 saturated heterocycles. The average molecular weight is 342 g/mol. The van der Waals surface area contributed by atoms with E-state index in [4.69, 9.17) is 16.3 Å². The Bertz CT molecular complexity index is 885. The maximum absolute atomic E-state index is 12.1. The van der Waals surface area contributed by atoms with Crippen molar-refractivity contribution in [2.45, 2.75) is 6.92 Å². The third kappa shape index (κ3) is 3.58. The van der Waals surface area contributed by atoms with Crippen molar-refractivity contribution in [2.75, 3.05) is 11.9 Å². The molecule has 0 aliphatic rings. The lowest BCUT2D eigenvalue weighted by atomic mass is 10.3. The monoisotopic (exact) mass is 341 g/mol. The highest BCUT2D eigenvalue weighted by Crippen LogP contribution is 2.19. The summed E-state index contributed by atoms with van der Waals surface area (Å²) in [7, 11) is 0. The molecule has 0 bridgehead atoms. The lowest BCUT2D eigenvalue weighted by molar-refractivity contribution is -0.111. The van der Waals surface area contributed by atoms with Gasteiger partial charge in [-0.15, -0.1) is 0 Å². The fourth-order valence-electron chi connectivity index (χ4n) is 2.27. The van der Waals surface area contributed by atoms with E-state index in [1.54, 1.807) is 18.2 Å². The molecule has 0 aliphatic carbocycles. The van der Waals surface area contributed by atoms with E-state index in [1.807, 2.05) is 47.9 Å². The number of benzene rings is 1. The molecule has 3 aromatic rings. The Kier molecular flexibility index (Phi) is 4.82. The predicted octanol–water partition coefficient (Wildman–Crippen LogP) is 4.04. The summed E-state index contributed by atoms with van der Waals surface area (Å²) in [5.41, 5.74) is 2.08. The molecule has 0 radical (unpaired) electrons. The molecule has 6 heteroatoms. The van der Waals surface area contributed by atoms with Crippen LogP contribution in [0.5, 0.6) is 5.75 Å². The molecule has 0 saturated carbocycles. The molecule has 5 nitrogen and oxygen atoms in total. The quantitative estimate of drug-likeness (QED) is 0.712. The summed E-state index contributed by atoms with van der Waals surface area (Å²) < 4.78 is 7.19. The number of carbonyl (C=O) groups excluding carboxylic acids is 1. The van der Waals surface area contributed by atoms with Crippen LogP contribution in [0, 0.1) is 0 Å². The number of ether oxygens (including phenoxy) is 1. The third-order valence-electron chi connectivity index (χ3n) is 3.35. The molecule has 0 atom stereocenters. The van der Waals surface area contributed by atoms with Gasteiger partial charge in [-0.3, -0.25) is 9.20 Å². The van der Waals surface area contributed by atoms with Crippen molar-refractivity contribution in [3.8, 4) is 5.75 Å². The molecule has 3 rings (SSSR count). The molecule has 24 heavy (non-hydrogen) atoms. The average Bonchev–Trinajstić information content (AvgIpc) is 2.90. The fraction of sp³-hybridized carbons (Fsp3) is 0.111. The van der Waals surface area contributed by atoms with Gasteiger partial charge in [-0.2, -0.15) is 0 Å². The summed E-state index contributed by atoms with van der Waals surface area (Å²) in [6.07, 6.45) is 4.92. The second-order valence-electron chi connectivity index (χ2n) is 5.00. The van der Waals surface area contributed by atoms with Crippen molar-refractivity contribution >= 4 is 34.9 Å². The van der Waals surface area contributed by atoms with Gasteiger partial charge in [-0.05, 0) is 49.4 Å². The van der Waals surface area contributed by atoms with Crippen molar-refractivity contribution in [1.82, 2.24) is 9.38 Å². The molecule has 1 N–H and O–H groups in total. The van der Waals surface area contributed by atoms with Gasteiger partial charge in [0.15, 0.2) is 5.15 Å². The van der Waals surface area contributed by atoms with Gasteiger partial charge in [0.05, 0.1) is 12.3 Å². The second kappa shape index (κ2) is 7.19. The minimum Gasteiger partial charge on any atom is -0.494 e. The Morgan fingerprint density at radius 1 is 1.29 bits per heavy atom. The Balaban J connectivity index is 1.71. The zero-order valence-corrected chi connectivity index (χ0v) is 13.8. The molecule has 0 unspecified atom stereocenters. The van der Waals surface area contributed by atoms with Gasteiger partial charge in [0, 0.05) is 18.0 Å². The molecule has 1 aromatic carbocycles. The topological polar surface area (TPSA) is 55.6 Å². The Morgan fingerprint density at radius 3 is 2.83 bits per heavy atom. The van der Waals surface area contributed by atoms with Crippen molar-refractivity contribution in [3.05, 3.63) is 65.6 Å². The molecule has 0 spiro atoms. The molecule has 0 aliphatic heterocycles. The summed E-state index contributed by atoms with van der Waals surface area (Å²) in [5, 5.41) is 3.14. The van der Waals surface area contributed by atoms with Gasteiger partial charge in [0.1, 0.15) is 11.4 Å². The van der Waals surface area contributed by atoms with Gasteiger partial charge >= 0.3 is 0 Å². The number of halogens is 1. The summed E-state index contributed by atoms with van der Waals surface area (Å²) in [5.74, 6) is 0.518. The van der Waals surface area contributed by atoms with Gasteiger partial charge in [-0.1, -0.05) is 17.7 Å². The highest BCUT2D eigenvalue weighted by molar-refractivity contribution is 6.31. The highest BCUT2D eigenvalue weighted by Gasteiger charge is 2.07. The molecular weight excluding hydrogens is 326 g/mol. The van der Waals surface area contributed by atoms with E-state index in [0.717, 1.165) is 11.4 Å². The zero-order chi connectivity index (χ0) is 16.9. The van der Waals surface area contributed by atoms with Crippen molar-refractivity contribution in [3.63, 3.8) is 0 Å². The smallest absolute Gasteiger partial charge is 0.248 e. The van der Waals surface area contributed by atoms with E-state index in [2.05, 4.69) is 10.3 Å². The minimum atomic E-state index is -0.249. The first-order chi connectivity index (χ1) is 11.7. The van der Waals surface area contributed by atoms with Crippen LogP contribution >= 0.6 is 11.6 Å². The van der Waals surface area contributed by atoms with Crippen molar-refractivity contribution < 1.29 is 9.53 Å². The fourth-order valence-corrected chi connectivity index (χ4v) is 2.52. The van der Waals surface area contributed by atoms with Crippen LogP contribution in [0.4, 0.5) is 5.69 Å². The van der Waals surface area contributed by atoms with Gasteiger partial charge in [-0.25, -0.2) is 4.98 Å². The number of fused-ring (bicyclic) bond motifs is 1. The van der Waals surface area contributed by atoms with Crippen molar-refractivity contribution in [1.29, 1.82) is 0 Å². The Morgan fingerprint density at radius 2 is 2.08 bits per heavy atom. The van der Waals surface area contributed by atoms with Crippen LogP contribution < -0.4 is 10.1 Å². The van der Waals surface area contributed by atoms with Gasteiger partial charge in [0.2, 0.25) is 5.91 Å². The minimum absolute atomic E-state index is 0.249. The number of pyridine rings is 1. The van der Waals surface area contributed by atoms with E-state index in [0.29, 0.717) is 23.1 Å². The summed E-state index contributed by atoms with van der Waals surface area (Å²) in [4.78, 5) is 16.3. The van der Waals surface area contributed by atoms with Crippen LogP contribution in [0.2, 0.25) is 5.15 Å². The van der Waals surface area contributed by atoms with Crippen LogP contribution in [-0.2, 0) is 4.79 Å². The number of rotatable bonds is 5. The SMILES string of the molecule is CCOc1ccc(NC(=O)/C=C/c2c(Cl)nc3ccccn23)cc1. The first kappa shape index (κ1) is 16.1. The van der Waals surface area contributed by atoms with E-state index < -0.39 is 0 Å². The predicted molar refractivity (Wildman–Crippen MR) is 95.5 cm³/mol. The molecule has 2 heterocycles. The second-order valence-corrected chi connectivity index (χ2v) is 5.35. The van der Waals surface area contributed by atoms with E-state index in [1.165, 1.54) is 6.08 Å². The normalized spacial score (nSPS) is 11.1. The van der Waals surface area contributed by atoms with Crippen LogP contribution in [0.1, 0.15) is 12.6 Å². The number of carbonyl (C=O) groups is 1. The summed E-state index contributed by atoms with van der Waals surface area (Å²) >= 11 is 6.13. The molecule has 2 aromatic heterocycles. The maximum atomic E-state index is 12.1. The van der Waals surface area contributed by atoms with E-state index in [-0.39, 0.29) is 5.91 Å². The molecule has 122 valence electrons. The number of imidazole rings is 1. The highest BCUT2D eigenvalue weighted by atomic mass is 35.5. The number of hydrogen-bond acceptors (Lipinski definition) is 3. The lowest BCUT2D eigenvalue weighted by Crippen LogP contribution is -2.07. The molecule has 1 amide bonds. The number of nitrogens with zero attached hydrogens (tertiary/aromatic N) is 2. The number of hydrogen-bond donors (Lipinski definition) is 1. The number of nitrogens with one attached hydrogen (secondary N) is 1. The van der Waals surface area contributed by atoms with Crippen LogP contribution in [0.3, 0.4) is 0 Å². The molecular formula is C18H16ClN3O2. The summed E-state index contributed by atoms with van der Waals surface area (Å²) in [6, 6.07) is 12.8. The maximum Gasteiger partial charge on any atom is 0.248 e. The van der Waals surface area contributed by atoms with Crippen LogP contribution in [0.15, 0.2) is 54.7 Å². The largest absolute Gasteiger partial charge is 0.494 e. The number of anilines is 1. The van der Waals surface area contributed by atoms with Crippen LogP contribution in [0.25, 0.3) is 11.7 Å².